The van der Waals surface area contributed by atoms with E-state index in [1.54, 1.807) is 0 Å². The zero-order chi connectivity index (χ0) is 21.1. The average molecular weight is 397 g/mol. The molecule has 2 heteroatoms. The van der Waals surface area contributed by atoms with Crippen LogP contribution in [0.25, 0.3) is 0 Å². The van der Waals surface area contributed by atoms with Crippen LogP contribution in [0.15, 0.2) is 36.4 Å². The molecule has 0 saturated heterocycles. The highest BCUT2D eigenvalue weighted by molar-refractivity contribution is 5.50. The average Bonchev–Trinajstić information content (AvgIpc) is 2.71. The van der Waals surface area contributed by atoms with Gasteiger partial charge in [-0.25, -0.2) is 0 Å². The maximum absolute atomic E-state index is 10.7. The highest BCUT2D eigenvalue weighted by Gasteiger charge is 2.21. The Hall–Kier alpha value is -1.96. The van der Waals surface area contributed by atoms with Gasteiger partial charge in [0.05, 0.1) is 0 Å². The zero-order valence-electron chi connectivity index (χ0n) is 18.7. The van der Waals surface area contributed by atoms with E-state index >= 15 is 0 Å². The van der Waals surface area contributed by atoms with Crippen LogP contribution in [0.1, 0.15) is 106 Å². The monoisotopic (exact) mass is 396 g/mol. The van der Waals surface area contributed by atoms with Crippen molar-refractivity contribution in [2.24, 2.45) is 0 Å². The van der Waals surface area contributed by atoms with Crippen LogP contribution >= 0.6 is 0 Å². The van der Waals surface area contributed by atoms with E-state index in [1.165, 1.54) is 57.8 Å². The van der Waals surface area contributed by atoms with Crippen molar-refractivity contribution in [2.75, 3.05) is 0 Å². The first kappa shape index (κ1) is 23.3. The first-order chi connectivity index (χ1) is 14.1. The van der Waals surface area contributed by atoms with Gasteiger partial charge in [-0.15, -0.1) is 0 Å². The van der Waals surface area contributed by atoms with E-state index in [4.69, 9.17) is 0 Å². The molecule has 0 unspecified atom stereocenters. The Balaban J connectivity index is 1.94. The molecule has 29 heavy (non-hydrogen) atoms. The third-order valence-electron chi connectivity index (χ3n) is 6.14. The first-order valence-electron chi connectivity index (χ1n) is 11.6. The number of phenols is 2. The summed E-state index contributed by atoms with van der Waals surface area (Å²) >= 11 is 0. The van der Waals surface area contributed by atoms with Gasteiger partial charge in [0.25, 0.3) is 0 Å². The molecule has 160 valence electrons. The Morgan fingerprint density at radius 3 is 1.48 bits per heavy atom. The van der Waals surface area contributed by atoms with Gasteiger partial charge in [-0.2, -0.15) is 0 Å². The zero-order valence-corrected chi connectivity index (χ0v) is 18.7. The lowest BCUT2D eigenvalue weighted by molar-refractivity contribution is 0.443. The molecule has 0 radical (unpaired) electrons. The summed E-state index contributed by atoms with van der Waals surface area (Å²) < 4.78 is 0. The highest BCUT2D eigenvalue weighted by atomic mass is 16.3. The summed E-state index contributed by atoms with van der Waals surface area (Å²) in [5.74, 6) is 0.764. The van der Waals surface area contributed by atoms with Crippen molar-refractivity contribution in [1.82, 2.24) is 0 Å². The molecule has 0 aliphatic carbocycles. The van der Waals surface area contributed by atoms with Crippen molar-refractivity contribution in [3.8, 4) is 11.5 Å². The number of rotatable bonds is 13. The molecule has 0 fully saturated rings. The van der Waals surface area contributed by atoms with Gasteiger partial charge in [-0.3, -0.25) is 0 Å². The second-order valence-corrected chi connectivity index (χ2v) is 8.55. The summed E-state index contributed by atoms with van der Waals surface area (Å²) in [5, 5.41) is 21.3. The molecular weight excluding hydrogens is 356 g/mol. The van der Waals surface area contributed by atoms with Gasteiger partial charge >= 0.3 is 0 Å². The molecule has 0 aliphatic rings. The lowest BCUT2D eigenvalue weighted by atomic mass is 9.84. The van der Waals surface area contributed by atoms with Gasteiger partial charge in [0.15, 0.2) is 0 Å². The van der Waals surface area contributed by atoms with E-state index in [-0.39, 0.29) is 5.92 Å². The number of unbranched alkanes of at least 4 members (excludes halogenated alkanes) is 9. The van der Waals surface area contributed by atoms with Gasteiger partial charge in [0.1, 0.15) is 11.5 Å². The quantitative estimate of drug-likeness (QED) is 0.335. The van der Waals surface area contributed by atoms with Gasteiger partial charge in [0.2, 0.25) is 0 Å². The molecule has 0 aromatic heterocycles. The normalized spacial score (nSPS) is 11.3. The van der Waals surface area contributed by atoms with Crippen LogP contribution in [0.3, 0.4) is 0 Å². The van der Waals surface area contributed by atoms with Crippen molar-refractivity contribution in [3.63, 3.8) is 0 Å². The van der Waals surface area contributed by atoms with Crippen LogP contribution in [0.4, 0.5) is 0 Å². The van der Waals surface area contributed by atoms with E-state index in [9.17, 15) is 10.2 Å². The van der Waals surface area contributed by atoms with E-state index in [1.807, 2.05) is 50.2 Å². The molecule has 2 rings (SSSR count). The predicted octanol–water partition coefficient (Wildman–Crippen LogP) is 8.16. The summed E-state index contributed by atoms with van der Waals surface area (Å²) in [7, 11) is 0. The van der Waals surface area contributed by atoms with Gasteiger partial charge in [-0.05, 0) is 31.4 Å². The number of aromatic hydroxyl groups is 2. The van der Waals surface area contributed by atoms with E-state index in [2.05, 4.69) is 6.92 Å². The molecule has 0 atom stereocenters. The minimum absolute atomic E-state index is 0.0313. The third kappa shape index (κ3) is 7.10. The van der Waals surface area contributed by atoms with Gasteiger partial charge in [0, 0.05) is 17.0 Å². The maximum Gasteiger partial charge on any atom is 0.122 e. The van der Waals surface area contributed by atoms with Crippen molar-refractivity contribution in [1.29, 1.82) is 0 Å². The predicted molar refractivity (Wildman–Crippen MR) is 124 cm³/mol. The van der Waals surface area contributed by atoms with Crippen LogP contribution in [-0.4, -0.2) is 10.2 Å². The van der Waals surface area contributed by atoms with Gasteiger partial charge < -0.3 is 10.2 Å². The summed E-state index contributed by atoms with van der Waals surface area (Å²) in [5.41, 5.74) is 3.65. The van der Waals surface area contributed by atoms with Gasteiger partial charge in [-0.1, -0.05) is 108 Å². The molecule has 0 saturated carbocycles. The lowest BCUT2D eigenvalue weighted by Crippen LogP contribution is -2.04. The lowest BCUT2D eigenvalue weighted by Gasteiger charge is -2.22. The minimum Gasteiger partial charge on any atom is -0.507 e. The Morgan fingerprint density at radius 1 is 0.621 bits per heavy atom. The Kier molecular flexibility index (Phi) is 10.1. The molecule has 2 aromatic rings. The number of benzene rings is 2. The SMILES string of the molecule is CCCCCCCCCCCCC(c1cccc(C)c1O)c1cccc(C)c1O. The van der Waals surface area contributed by atoms with Crippen LogP contribution in [0.2, 0.25) is 0 Å². The fraction of sp³-hybridized carbons (Fsp3) is 0.556. The summed E-state index contributed by atoms with van der Waals surface area (Å²) in [6.07, 6.45) is 14.1. The van der Waals surface area contributed by atoms with Crippen LogP contribution < -0.4 is 0 Å². The summed E-state index contributed by atoms with van der Waals surface area (Å²) in [6, 6.07) is 11.9. The molecule has 0 amide bonds. The summed E-state index contributed by atoms with van der Waals surface area (Å²) in [6.45, 7) is 6.14. The smallest absolute Gasteiger partial charge is 0.122 e. The van der Waals surface area contributed by atoms with Crippen LogP contribution in [0.5, 0.6) is 11.5 Å². The number of aryl methyl sites for hydroxylation is 2. The number of phenolic OH excluding ortho intramolecular Hbond substituents is 2. The molecule has 0 spiro atoms. The standard InChI is InChI=1S/C27H40O2/c1-4-5-6-7-8-9-10-11-12-13-18-23(24-19-14-16-21(2)26(24)28)25-20-15-17-22(3)27(25)29/h14-17,19-20,23,28-29H,4-13,18H2,1-3H3. The number of hydrogen-bond donors (Lipinski definition) is 2. The van der Waals surface area contributed by atoms with E-state index < -0.39 is 0 Å². The molecule has 2 N–H and O–H groups in total. The highest BCUT2D eigenvalue weighted by Crippen LogP contribution is 2.41. The minimum atomic E-state index is 0.0313. The molecule has 0 aliphatic heterocycles. The number of para-hydroxylation sites is 2. The van der Waals surface area contributed by atoms with Crippen molar-refractivity contribution >= 4 is 0 Å². The Morgan fingerprint density at radius 2 is 1.03 bits per heavy atom. The Bertz CT molecular complexity index is 684. The molecule has 0 heterocycles. The molecule has 0 bridgehead atoms. The van der Waals surface area contributed by atoms with Crippen molar-refractivity contribution in [2.45, 2.75) is 97.3 Å². The second-order valence-electron chi connectivity index (χ2n) is 8.55. The topological polar surface area (TPSA) is 40.5 Å². The van der Waals surface area contributed by atoms with Crippen molar-refractivity contribution in [3.05, 3.63) is 58.7 Å². The van der Waals surface area contributed by atoms with Crippen LogP contribution in [0, 0.1) is 13.8 Å². The molecule has 2 aromatic carbocycles. The Labute approximate surface area is 178 Å². The summed E-state index contributed by atoms with van der Waals surface area (Å²) in [4.78, 5) is 0. The number of hydrogen-bond acceptors (Lipinski definition) is 2. The molecule has 2 nitrogen and oxygen atoms in total. The van der Waals surface area contributed by atoms with Crippen molar-refractivity contribution < 1.29 is 10.2 Å². The first-order valence-corrected chi connectivity index (χ1v) is 11.6. The third-order valence-corrected chi connectivity index (χ3v) is 6.14. The fourth-order valence-corrected chi connectivity index (χ4v) is 4.24. The van der Waals surface area contributed by atoms with E-state index in [0.717, 1.165) is 35.1 Å². The second kappa shape index (κ2) is 12.6. The largest absolute Gasteiger partial charge is 0.507 e. The molecular formula is C27H40O2. The fourth-order valence-electron chi connectivity index (χ4n) is 4.24. The maximum atomic E-state index is 10.7. The van der Waals surface area contributed by atoms with E-state index in [0.29, 0.717) is 11.5 Å². The van der Waals surface area contributed by atoms with Crippen LogP contribution in [-0.2, 0) is 0 Å².